The number of hydrogen-bond acceptors (Lipinski definition) is 5. The van der Waals surface area contributed by atoms with Crippen molar-refractivity contribution in [2.75, 3.05) is 30.8 Å². The number of hydrogen-bond donors (Lipinski definition) is 2. The van der Waals surface area contributed by atoms with Crippen LogP contribution >= 0.6 is 0 Å². The van der Waals surface area contributed by atoms with Crippen molar-refractivity contribution in [1.82, 2.24) is 4.90 Å². The molecule has 3 aromatic rings. The van der Waals surface area contributed by atoms with E-state index in [9.17, 15) is 9.59 Å². The number of fused-ring (bicyclic) bond motifs is 1. The fourth-order valence-corrected chi connectivity index (χ4v) is 3.91. The normalized spacial score (nSPS) is 14.3. The fraction of sp³-hybridized carbons (Fsp3) is 0.407. The summed E-state index contributed by atoms with van der Waals surface area (Å²) >= 11 is 0. The van der Waals surface area contributed by atoms with Crippen molar-refractivity contribution >= 4 is 28.4 Å². The van der Waals surface area contributed by atoms with E-state index in [-0.39, 0.29) is 11.8 Å². The monoisotopic (exact) mass is 465 g/mol. The van der Waals surface area contributed by atoms with Crippen LogP contribution in [0.3, 0.4) is 0 Å². The zero-order chi connectivity index (χ0) is 24.8. The van der Waals surface area contributed by atoms with Crippen molar-refractivity contribution in [3.8, 4) is 5.75 Å². The minimum atomic E-state index is -0.604. The van der Waals surface area contributed by atoms with Crippen LogP contribution in [0.2, 0.25) is 0 Å². The summed E-state index contributed by atoms with van der Waals surface area (Å²) < 4.78 is 11.8. The Labute approximate surface area is 201 Å². The molecule has 0 aliphatic carbocycles. The maximum Gasteiger partial charge on any atom is 0.360 e. The second kappa shape index (κ2) is 11.2. The lowest BCUT2D eigenvalue weighted by Crippen LogP contribution is -2.35. The van der Waals surface area contributed by atoms with Gasteiger partial charge in [0.15, 0.2) is 0 Å². The minimum absolute atomic E-state index is 0.0854. The lowest BCUT2D eigenvalue weighted by atomic mass is 10.1. The first-order valence-electron chi connectivity index (χ1n) is 11.9. The standard InChI is InChI=1S/C25H29N3O4.C2H6/c1-15-5-7-19(13-16(15)2)26-25(30)27-21-14-18-6-8-22(17(3)23(18)32-24(21)29)31-20-9-11-28(4)12-10-20;1-2/h5-8,13-14,20H,9-12H2,1-4H3,(H2,26,27,30);1-2H3. The molecule has 1 aliphatic rings. The molecule has 1 aliphatic heterocycles. The second-order valence-corrected chi connectivity index (χ2v) is 8.55. The quantitative estimate of drug-likeness (QED) is 0.472. The molecule has 0 unspecified atom stereocenters. The zero-order valence-electron chi connectivity index (χ0n) is 21.0. The highest BCUT2D eigenvalue weighted by Crippen LogP contribution is 2.30. The number of rotatable bonds is 4. The molecule has 0 atom stereocenters. The van der Waals surface area contributed by atoms with Crippen LogP contribution in [0.1, 0.15) is 43.4 Å². The van der Waals surface area contributed by atoms with Crippen LogP contribution in [0.5, 0.6) is 5.75 Å². The van der Waals surface area contributed by atoms with E-state index in [4.69, 9.17) is 9.15 Å². The number of nitrogens with one attached hydrogen (secondary N) is 2. The highest BCUT2D eigenvalue weighted by Gasteiger charge is 2.20. The summed E-state index contributed by atoms with van der Waals surface area (Å²) in [7, 11) is 2.11. The van der Waals surface area contributed by atoms with Crippen molar-refractivity contribution in [1.29, 1.82) is 0 Å². The van der Waals surface area contributed by atoms with Crippen molar-refractivity contribution < 1.29 is 13.9 Å². The number of carbonyl (C=O) groups is 1. The van der Waals surface area contributed by atoms with E-state index in [0.717, 1.165) is 53.8 Å². The Morgan fingerprint density at radius 3 is 2.38 bits per heavy atom. The molecule has 34 heavy (non-hydrogen) atoms. The summed E-state index contributed by atoms with van der Waals surface area (Å²) in [6, 6.07) is 10.5. The van der Waals surface area contributed by atoms with Crippen LogP contribution < -0.4 is 21.0 Å². The Kier molecular flexibility index (Phi) is 8.34. The van der Waals surface area contributed by atoms with E-state index in [2.05, 4.69) is 22.6 Å². The van der Waals surface area contributed by atoms with Crippen LogP contribution in [0.25, 0.3) is 11.0 Å². The van der Waals surface area contributed by atoms with Crippen LogP contribution in [0.15, 0.2) is 45.6 Å². The van der Waals surface area contributed by atoms with Crippen LogP contribution in [0.4, 0.5) is 16.2 Å². The number of urea groups is 1. The van der Waals surface area contributed by atoms with Gasteiger partial charge in [-0.3, -0.25) is 0 Å². The number of aryl methyl sites for hydroxylation is 3. The summed E-state index contributed by atoms with van der Waals surface area (Å²) in [5.74, 6) is 0.725. The third-order valence-corrected chi connectivity index (χ3v) is 6.07. The van der Waals surface area contributed by atoms with E-state index < -0.39 is 11.7 Å². The maximum atomic E-state index is 12.6. The van der Waals surface area contributed by atoms with Crippen LogP contribution in [-0.4, -0.2) is 37.2 Å². The van der Waals surface area contributed by atoms with Gasteiger partial charge < -0.3 is 24.7 Å². The highest BCUT2D eigenvalue weighted by atomic mass is 16.5. The first kappa shape index (κ1) is 25.3. The van der Waals surface area contributed by atoms with Gasteiger partial charge in [-0.05, 0) is 82.1 Å². The molecule has 2 N–H and O–H groups in total. The number of anilines is 2. The van der Waals surface area contributed by atoms with Gasteiger partial charge in [-0.15, -0.1) is 0 Å². The third kappa shape index (κ3) is 5.97. The van der Waals surface area contributed by atoms with Gasteiger partial charge in [0, 0.05) is 29.7 Å². The minimum Gasteiger partial charge on any atom is -0.490 e. The topological polar surface area (TPSA) is 83.8 Å². The van der Waals surface area contributed by atoms with Crippen molar-refractivity contribution in [2.45, 2.75) is 53.6 Å². The molecule has 1 aromatic heterocycles. The molecule has 7 heteroatoms. The van der Waals surface area contributed by atoms with Gasteiger partial charge in [0.25, 0.3) is 0 Å². The largest absolute Gasteiger partial charge is 0.490 e. The Balaban J connectivity index is 0.00000158. The number of likely N-dealkylation sites (tertiary alicyclic amines) is 1. The van der Waals surface area contributed by atoms with Crippen LogP contribution in [0, 0.1) is 20.8 Å². The van der Waals surface area contributed by atoms with Gasteiger partial charge >= 0.3 is 11.7 Å². The van der Waals surface area contributed by atoms with Gasteiger partial charge in [-0.1, -0.05) is 19.9 Å². The lowest BCUT2D eigenvalue weighted by Gasteiger charge is -2.29. The predicted molar refractivity (Wildman–Crippen MR) is 138 cm³/mol. The van der Waals surface area contributed by atoms with Crippen molar-refractivity contribution in [2.24, 2.45) is 0 Å². The Hall–Kier alpha value is -3.32. The molecule has 2 amide bonds. The molecule has 0 radical (unpaired) electrons. The summed E-state index contributed by atoms with van der Waals surface area (Å²) in [6.07, 6.45) is 2.09. The molecule has 1 saturated heterocycles. The third-order valence-electron chi connectivity index (χ3n) is 6.07. The Morgan fingerprint density at radius 1 is 1.00 bits per heavy atom. The van der Waals surface area contributed by atoms with Gasteiger partial charge in [0.1, 0.15) is 23.1 Å². The average Bonchev–Trinajstić information content (AvgIpc) is 2.82. The average molecular weight is 466 g/mol. The van der Waals surface area contributed by atoms with E-state index in [1.807, 2.05) is 65.0 Å². The predicted octanol–water partition coefficient (Wildman–Crippen LogP) is 5.86. The van der Waals surface area contributed by atoms with Crippen LogP contribution in [-0.2, 0) is 0 Å². The summed E-state index contributed by atoms with van der Waals surface area (Å²) in [4.78, 5) is 27.2. The molecule has 2 aromatic carbocycles. The number of benzene rings is 2. The van der Waals surface area contributed by atoms with Crippen molar-refractivity contribution in [3.63, 3.8) is 0 Å². The smallest absolute Gasteiger partial charge is 0.360 e. The Bertz CT molecular complexity index is 1210. The number of ether oxygens (including phenoxy) is 1. The molecule has 4 rings (SSSR count). The van der Waals surface area contributed by atoms with E-state index >= 15 is 0 Å². The number of carbonyl (C=O) groups excluding carboxylic acids is 1. The van der Waals surface area contributed by atoms with Crippen molar-refractivity contribution in [3.05, 3.63) is 63.5 Å². The Morgan fingerprint density at radius 2 is 1.71 bits per heavy atom. The molecule has 0 spiro atoms. The molecular formula is C27H35N3O4. The van der Waals surface area contributed by atoms with Gasteiger partial charge in [-0.2, -0.15) is 0 Å². The van der Waals surface area contributed by atoms with Gasteiger partial charge in [-0.25, -0.2) is 9.59 Å². The van der Waals surface area contributed by atoms with E-state index in [1.54, 1.807) is 6.07 Å². The SMILES string of the molecule is CC.Cc1ccc(NC(=O)Nc2cc3ccc(OC4CCN(C)CC4)c(C)c3oc2=O)cc1C. The zero-order valence-corrected chi connectivity index (χ0v) is 21.0. The molecule has 0 bridgehead atoms. The highest BCUT2D eigenvalue weighted by molar-refractivity contribution is 6.00. The molecule has 1 fully saturated rings. The molecule has 182 valence electrons. The lowest BCUT2D eigenvalue weighted by molar-refractivity contribution is 0.113. The van der Waals surface area contributed by atoms with E-state index in [1.165, 1.54) is 0 Å². The molecular weight excluding hydrogens is 430 g/mol. The molecule has 7 nitrogen and oxygen atoms in total. The number of piperidine rings is 1. The summed E-state index contributed by atoms with van der Waals surface area (Å²) in [5.41, 5.74) is 3.60. The maximum absolute atomic E-state index is 12.6. The molecule has 2 heterocycles. The number of nitrogens with zero attached hydrogens (tertiary/aromatic N) is 1. The first-order valence-corrected chi connectivity index (χ1v) is 11.9. The van der Waals surface area contributed by atoms with Gasteiger partial charge in [0.2, 0.25) is 0 Å². The second-order valence-electron chi connectivity index (χ2n) is 8.55. The molecule has 0 saturated carbocycles. The number of amides is 2. The van der Waals surface area contributed by atoms with E-state index in [0.29, 0.717) is 11.3 Å². The van der Waals surface area contributed by atoms with Gasteiger partial charge in [0.05, 0.1) is 0 Å². The summed E-state index contributed by atoms with van der Waals surface area (Å²) in [5, 5.41) is 6.07. The first-order chi connectivity index (χ1) is 16.3. The fourth-order valence-electron chi connectivity index (χ4n) is 3.91. The summed E-state index contributed by atoms with van der Waals surface area (Å²) in [6.45, 7) is 11.9.